The van der Waals surface area contributed by atoms with Crippen LogP contribution in [0.25, 0.3) is 10.4 Å². The number of methoxy groups -OCH3 is 2. The fraction of sp³-hybridized carbons (Fsp3) is 0.273. The molecule has 1 aromatic heterocycles. The highest BCUT2D eigenvalue weighted by molar-refractivity contribution is 7.19. The zero-order valence-electron chi connectivity index (χ0n) is 17.6. The first-order valence-electron chi connectivity index (χ1n) is 9.31. The molecule has 3 rings (SSSR count). The summed E-state index contributed by atoms with van der Waals surface area (Å²) in [6, 6.07) is 13.6. The van der Waals surface area contributed by atoms with Gasteiger partial charge in [-0.15, -0.1) is 0 Å². The van der Waals surface area contributed by atoms with Crippen molar-refractivity contribution in [2.24, 2.45) is 0 Å². The molecule has 2 aromatic carbocycles. The van der Waals surface area contributed by atoms with E-state index in [-0.39, 0.29) is 10.8 Å². The number of aromatic carboxylic acids is 1. The summed E-state index contributed by atoms with van der Waals surface area (Å²) < 4.78 is 10.4. The largest absolute Gasteiger partial charge is 0.493 e. The second-order valence-corrected chi connectivity index (χ2v) is 7.48. The Morgan fingerprint density at radius 1 is 1.17 bits per heavy atom. The van der Waals surface area contributed by atoms with Gasteiger partial charge in [-0.3, -0.25) is 0 Å². The van der Waals surface area contributed by atoms with Gasteiger partial charge in [0.2, 0.25) is 0 Å². The third-order valence-electron chi connectivity index (χ3n) is 4.24. The van der Waals surface area contributed by atoms with Gasteiger partial charge in [-0.05, 0) is 50.2 Å². The molecule has 30 heavy (non-hydrogen) atoms. The van der Waals surface area contributed by atoms with E-state index in [1.807, 2.05) is 50.4 Å². The standard InChI is InChI=1S/C11H10N2O2S.C11H17NO2/c1-6-3-2-4-7(5-6)9-8(10(14)15)13-11(12)16-9;1-12-7-6-9-4-5-10(13-2)11(8-9)14-3/h2-5H,1H3,(H2,12,13)(H,14,15);4-5,8,12H,6-7H2,1-3H3. The number of hydrogen-bond acceptors (Lipinski definition) is 7. The summed E-state index contributed by atoms with van der Waals surface area (Å²) in [6.07, 6.45) is 0.997. The molecule has 0 fully saturated rings. The lowest BCUT2D eigenvalue weighted by Crippen LogP contribution is -2.10. The van der Waals surface area contributed by atoms with Crippen LogP contribution in [-0.2, 0) is 6.42 Å². The Morgan fingerprint density at radius 2 is 1.90 bits per heavy atom. The Balaban J connectivity index is 0.000000216. The second-order valence-electron chi connectivity index (χ2n) is 6.45. The topological polar surface area (TPSA) is 107 Å². The number of nitrogen functional groups attached to an aromatic ring is 1. The Kier molecular flexibility index (Phi) is 8.64. The van der Waals surface area contributed by atoms with Gasteiger partial charge in [0.05, 0.1) is 19.1 Å². The van der Waals surface area contributed by atoms with Crippen molar-refractivity contribution >= 4 is 22.4 Å². The number of anilines is 1. The maximum absolute atomic E-state index is 11.0. The molecule has 0 bridgehead atoms. The molecular weight excluding hydrogens is 402 g/mol. The van der Waals surface area contributed by atoms with E-state index in [0.29, 0.717) is 4.88 Å². The highest BCUT2D eigenvalue weighted by Crippen LogP contribution is 2.32. The molecule has 0 aliphatic carbocycles. The van der Waals surface area contributed by atoms with Crippen molar-refractivity contribution in [3.8, 4) is 21.9 Å². The number of nitrogens with two attached hydrogens (primary N) is 1. The first-order valence-corrected chi connectivity index (χ1v) is 10.1. The van der Waals surface area contributed by atoms with Gasteiger partial charge >= 0.3 is 5.97 Å². The molecule has 0 amide bonds. The molecule has 7 nitrogen and oxygen atoms in total. The fourth-order valence-corrected chi connectivity index (χ4v) is 3.59. The third kappa shape index (κ3) is 6.20. The van der Waals surface area contributed by atoms with Crippen molar-refractivity contribution in [1.82, 2.24) is 10.3 Å². The van der Waals surface area contributed by atoms with Crippen molar-refractivity contribution in [2.75, 3.05) is 33.5 Å². The highest BCUT2D eigenvalue weighted by atomic mass is 32.1. The van der Waals surface area contributed by atoms with Crippen LogP contribution in [0.3, 0.4) is 0 Å². The summed E-state index contributed by atoms with van der Waals surface area (Å²) in [7, 11) is 5.24. The number of thiazole rings is 1. The monoisotopic (exact) mass is 429 g/mol. The lowest BCUT2D eigenvalue weighted by molar-refractivity contribution is 0.0692. The second kappa shape index (κ2) is 11.2. The average molecular weight is 430 g/mol. The number of carboxylic acid groups (broad SMARTS) is 1. The number of ether oxygens (including phenoxy) is 2. The molecule has 8 heteroatoms. The molecule has 1 heterocycles. The number of rotatable bonds is 7. The molecule has 4 N–H and O–H groups in total. The molecule has 3 aromatic rings. The van der Waals surface area contributed by atoms with Crippen LogP contribution in [0.2, 0.25) is 0 Å². The van der Waals surface area contributed by atoms with E-state index in [1.165, 1.54) is 16.9 Å². The van der Waals surface area contributed by atoms with Crippen LogP contribution in [0, 0.1) is 6.92 Å². The van der Waals surface area contributed by atoms with Gasteiger partial charge in [0.1, 0.15) is 0 Å². The van der Waals surface area contributed by atoms with Gasteiger partial charge in [0.25, 0.3) is 0 Å². The maximum atomic E-state index is 11.0. The SMILES string of the molecule is CNCCc1ccc(OC)c(OC)c1.Cc1cccc(-c2sc(N)nc2C(=O)O)c1. The van der Waals surface area contributed by atoms with E-state index < -0.39 is 5.97 Å². The minimum atomic E-state index is -1.05. The molecule has 0 unspecified atom stereocenters. The van der Waals surface area contributed by atoms with Crippen molar-refractivity contribution in [3.63, 3.8) is 0 Å². The highest BCUT2D eigenvalue weighted by Gasteiger charge is 2.17. The van der Waals surface area contributed by atoms with Crippen molar-refractivity contribution in [3.05, 3.63) is 59.3 Å². The number of likely N-dealkylation sites (N-methyl/N-ethyl adjacent to an activating group) is 1. The van der Waals surface area contributed by atoms with Gasteiger partial charge in [0.15, 0.2) is 22.3 Å². The van der Waals surface area contributed by atoms with Gasteiger partial charge in [0, 0.05) is 0 Å². The number of aromatic nitrogens is 1. The molecule has 0 saturated carbocycles. The number of benzene rings is 2. The third-order valence-corrected chi connectivity index (χ3v) is 5.17. The number of carbonyl (C=O) groups is 1. The summed E-state index contributed by atoms with van der Waals surface area (Å²) in [4.78, 5) is 15.4. The van der Waals surface area contributed by atoms with Crippen molar-refractivity contribution < 1.29 is 19.4 Å². The van der Waals surface area contributed by atoms with Crippen LogP contribution in [0.5, 0.6) is 11.5 Å². The normalized spacial score (nSPS) is 10.1. The lowest BCUT2D eigenvalue weighted by atomic mass is 10.1. The van der Waals surface area contributed by atoms with Crippen LogP contribution >= 0.6 is 11.3 Å². The van der Waals surface area contributed by atoms with Gasteiger partial charge in [-0.1, -0.05) is 47.2 Å². The Labute approximate surface area is 180 Å². The predicted molar refractivity (Wildman–Crippen MR) is 121 cm³/mol. The Hall–Kier alpha value is -3.10. The smallest absolute Gasteiger partial charge is 0.356 e. The first-order chi connectivity index (χ1) is 14.4. The summed E-state index contributed by atoms with van der Waals surface area (Å²) in [5.74, 6) is 0.520. The van der Waals surface area contributed by atoms with Crippen LogP contribution in [0.4, 0.5) is 5.13 Å². The molecule has 0 saturated heterocycles. The summed E-state index contributed by atoms with van der Waals surface area (Å²) in [5, 5.41) is 12.4. The molecule has 160 valence electrons. The molecule has 0 atom stereocenters. The van der Waals surface area contributed by atoms with E-state index in [4.69, 9.17) is 20.3 Å². The summed E-state index contributed by atoms with van der Waals surface area (Å²) in [5.41, 5.74) is 8.71. The minimum absolute atomic E-state index is 0.0214. The van der Waals surface area contributed by atoms with Crippen molar-refractivity contribution in [1.29, 1.82) is 0 Å². The molecule has 0 radical (unpaired) electrons. The predicted octanol–water partition coefficient (Wildman–Crippen LogP) is 3.86. The molecule has 0 aliphatic rings. The summed E-state index contributed by atoms with van der Waals surface area (Å²) >= 11 is 1.19. The molecule has 0 spiro atoms. The number of nitrogens with one attached hydrogen (secondary N) is 1. The number of carboxylic acids is 1. The number of nitrogens with zero attached hydrogens (tertiary/aromatic N) is 1. The van der Waals surface area contributed by atoms with Gasteiger partial charge in [-0.25, -0.2) is 9.78 Å². The lowest BCUT2D eigenvalue weighted by Gasteiger charge is -2.09. The molecule has 0 aliphatic heterocycles. The number of aryl methyl sites for hydroxylation is 1. The number of hydrogen-bond donors (Lipinski definition) is 3. The minimum Gasteiger partial charge on any atom is -0.493 e. The first kappa shape index (κ1) is 23.2. The van der Waals surface area contributed by atoms with E-state index in [2.05, 4.69) is 16.4 Å². The van der Waals surface area contributed by atoms with Crippen molar-refractivity contribution in [2.45, 2.75) is 13.3 Å². The van der Waals surface area contributed by atoms with Gasteiger partial charge < -0.3 is 25.6 Å². The van der Waals surface area contributed by atoms with Crippen LogP contribution in [0.15, 0.2) is 42.5 Å². The van der Waals surface area contributed by atoms with E-state index in [9.17, 15) is 4.79 Å². The Bertz CT molecular complexity index is 988. The van der Waals surface area contributed by atoms with E-state index >= 15 is 0 Å². The van der Waals surface area contributed by atoms with E-state index in [0.717, 1.165) is 35.6 Å². The van der Waals surface area contributed by atoms with E-state index in [1.54, 1.807) is 14.2 Å². The summed E-state index contributed by atoms with van der Waals surface area (Å²) in [6.45, 7) is 2.92. The van der Waals surface area contributed by atoms with Gasteiger partial charge in [-0.2, -0.15) is 0 Å². The zero-order valence-corrected chi connectivity index (χ0v) is 18.4. The van der Waals surface area contributed by atoms with Crippen LogP contribution in [0.1, 0.15) is 21.6 Å². The zero-order chi connectivity index (χ0) is 22.1. The van der Waals surface area contributed by atoms with Crippen LogP contribution < -0.4 is 20.5 Å². The average Bonchev–Trinajstić information content (AvgIpc) is 3.14. The molecular formula is C22H27N3O4S. The maximum Gasteiger partial charge on any atom is 0.356 e. The fourth-order valence-electron chi connectivity index (χ4n) is 2.77. The Morgan fingerprint density at radius 3 is 2.50 bits per heavy atom. The quantitative estimate of drug-likeness (QED) is 0.523. The van der Waals surface area contributed by atoms with Crippen LogP contribution in [-0.4, -0.2) is 43.9 Å².